The van der Waals surface area contributed by atoms with Gasteiger partial charge in [0.15, 0.2) is 11.5 Å². The van der Waals surface area contributed by atoms with Gasteiger partial charge in [-0.15, -0.1) is 0 Å². The van der Waals surface area contributed by atoms with E-state index in [0.717, 1.165) is 33.0 Å². The average Bonchev–Trinajstić information content (AvgIpc) is 2.50. The number of hydrogen-bond donors (Lipinski definition) is 1. The Labute approximate surface area is 136 Å². The first kappa shape index (κ1) is 16.5. The van der Waals surface area contributed by atoms with Crippen molar-refractivity contribution in [3.63, 3.8) is 0 Å². The fourth-order valence-corrected chi connectivity index (χ4v) is 3.55. The van der Waals surface area contributed by atoms with Crippen LogP contribution in [-0.2, 0) is 15.3 Å². The summed E-state index contributed by atoms with van der Waals surface area (Å²) in [5.74, 6) is 2.79. The third kappa shape index (κ3) is 4.52. The standard InChI is InChI=1S/C14H18BrNO4S/c1-18-14(17)11(16)2-5-21-8-9-6-12-13(7-10(9)15)20-4-3-19-12/h6-7,11H,2-5,8,16H2,1H3. The van der Waals surface area contributed by atoms with E-state index in [4.69, 9.17) is 15.2 Å². The minimum atomic E-state index is -0.550. The predicted molar refractivity (Wildman–Crippen MR) is 85.9 cm³/mol. The third-order valence-electron chi connectivity index (χ3n) is 3.05. The van der Waals surface area contributed by atoms with Crippen molar-refractivity contribution >= 4 is 33.7 Å². The smallest absolute Gasteiger partial charge is 0.322 e. The Morgan fingerprint density at radius 1 is 1.43 bits per heavy atom. The van der Waals surface area contributed by atoms with Gasteiger partial charge in [0.05, 0.1) is 7.11 Å². The number of carbonyl (C=O) groups is 1. The van der Waals surface area contributed by atoms with Gasteiger partial charge >= 0.3 is 5.97 Å². The molecule has 1 aromatic rings. The Balaban J connectivity index is 1.85. The Hall–Kier alpha value is -0.920. The molecule has 1 atom stereocenters. The van der Waals surface area contributed by atoms with Crippen molar-refractivity contribution in [3.8, 4) is 11.5 Å². The largest absolute Gasteiger partial charge is 0.486 e. The number of hydrogen-bond acceptors (Lipinski definition) is 6. The number of methoxy groups -OCH3 is 1. The predicted octanol–water partition coefficient (Wildman–Crippen LogP) is 2.34. The maximum atomic E-state index is 11.2. The van der Waals surface area contributed by atoms with Crippen LogP contribution in [0.5, 0.6) is 11.5 Å². The second-order valence-electron chi connectivity index (χ2n) is 4.56. The first-order chi connectivity index (χ1) is 10.1. The molecule has 1 aliphatic rings. The Kier molecular flexibility index (Phi) is 6.20. The van der Waals surface area contributed by atoms with Crippen LogP contribution in [0.4, 0.5) is 0 Å². The van der Waals surface area contributed by atoms with E-state index >= 15 is 0 Å². The summed E-state index contributed by atoms with van der Waals surface area (Å²) in [6.07, 6.45) is 0.597. The molecule has 0 aromatic heterocycles. The van der Waals surface area contributed by atoms with Gasteiger partial charge in [-0.3, -0.25) is 4.79 Å². The van der Waals surface area contributed by atoms with Crippen LogP contribution in [-0.4, -0.2) is 38.1 Å². The quantitative estimate of drug-likeness (QED) is 0.607. The zero-order valence-electron chi connectivity index (χ0n) is 11.8. The van der Waals surface area contributed by atoms with Gasteiger partial charge < -0.3 is 19.9 Å². The van der Waals surface area contributed by atoms with E-state index < -0.39 is 6.04 Å². The van der Waals surface area contributed by atoms with Crippen LogP contribution in [0.1, 0.15) is 12.0 Å². The lowest BCUT2D eigenvalue weighted by molar-refractivity contribution is -0.142. The van der Waals surface area contributed by atoms with Crippen LogP contribution in [0.3, 0.4) is 0 Å². The van der Waals surface area contributed by atoms with Crippen molar-refractivity contribution in [2.45, 2.75) is 18.2 Å². The van der Waals surface area contributed by atoms with E-state index in [-0.39, 0.29) is 5.97 Å². The zero-order valence-corrected chi connectivity index (χ0v) is 14.2. The molecule has 2 rings (SSSR count). The van der Waals surface area contributed by atoms with Crippen LogP contribution in [0.2, 0.25) is 0 Å². The lowest BCUT2D eigenvalue weighted by Crippen LogP contribution is -2.31. The van der Waals surface area contributed by atoms with Gasteiger partial charge in [-0.2, -0.15) is 11.8 Å². The molecule has 0 saturated heterocycles. The summed E-state index contributed by atoms with van der Waals surface area (Å²) in [4.78, 5) is 11.2. The first-order valence-corrected chi connectivity index (χ1v) is 8.55. The van der Waals surface area contributed by atoms with Gasteiger partial charge in [-0.05, 0) is 29.9 Å². The number of fused-ring (bicyclic) bond motifs is 1. The molecule has 116 valence electrons. The van der Waals surface area contributed by atoms with E-state index in [1.165, 1.54) is 7.11 Å². The van der Waals surface area contributed by atoms with Crippen molar-refractivity contribution in [3.05, 3.63) is 22.2 Å². The minimum absolute atomic E-state index is 0.365. The molecule has 21 heavy (non-hydrogen) atoms. The average molecular weight is 376 g/mol. The summed E-state index contributed by atoms with van der Waals surface area (Å²) < 4.78 is 16.7. The van der Waals surface area contributed by atoms with E-state index in [2.05, 4.69) is 20.7 Å². The molecule has 5 nitrogen and oxygen atoms in total. The van der Waals surface area contributed by atoms with E-state index in [0.29, 0.717) is 19.6 Å². The molecule has 0 spiro atoms. The number of halogens is 1. The lowest BCUT2D eigenvalue weighted by atomic mass is 10.2. The maximum Gasteiger partial charge on any atom is 0.322 e. The summed E-state index contributed by atoms with van der Waals surface area (Å²) in [6, 6.07) is 3.38. The van der Waals surface area contributed by atoms with Gasteiger partial charge in [0.2, 0.25) is 0 Å². The van der Waals surface area contributed by atoms with Crippen molar-refractivity contribution in [1.82, 2.24) is 0 Å². The molecule has 0 fully saturated rings. The first-order valence-electron chi connectivity index (χ1n) is 6.61. The Morgan fingerprint density at radius 2 is 2.10 bits per heavy atom. The Morgan fingerprint density at radius 3 is 2.76 bits per heavy atom. The van der Waals surface area contributed by atoms with E-state index in [1.54, 1.807) is 11.8 Å². The van der Waals surface area contributed by atoms with Gasteiger partial charge in [0.1, 0.15) is 19.3 Å². The molecular formula is C14H18BrNO4S. The fourth-order valence-electron chi connectivity index (χ4n) is 1.88. The molecule has 0 aliphatic carbocycles. The van der Waals surface area contributed by atoms with Crippen LogP contribution in [0.25, 0.3) is 0 Å². The maximum absolute atomic E-state index is 11.2. The second-order valence-corrected chi connectivity index (χ2v) is 6.52. The molecule has 1 aliphatic heterocycles. The summed E-state index contributed by atoms with van der Waals surface area (Å²) in [6.45, 7) is 1.16. The zero-order chi connectivity index (χ0) is 15.2. The normalized spacial score (nSPS) is 14.6. The minimum Gasteiger partial charge on any atom is -0.486 e. The topological polar surface area (TPSA) is 70.8 Å². The number of nitrogens with two attached hydrogens (primary N) is 1. The Bertz CT molecular complexity index is 512. The van der Waals surface area contributed by atoms with Crippen LogP contribution in [0, 0.1) is 0 Å². The number of ether oxygens (including phenoxy) is 3. The monoisotopic (exact) mass is 375 g/mol. The second kappa shape index (κ2) is 7.91. The van der Waals surface area contributed by atoms with Crippen LogP contribution in [0.15, 0.2) is 16.6 Å². The molecule has 0 radical (unpaired) electrons. The number of esters is 1. The fraction of sp³-hybridized carbons (Fsp3) is 0.500. The summed E-state index contributed by atoms with van der Waals surface area (Å²) in [5.41, 5.74) is 6.83. The van der Waals surface area contributed by atoms with Crippen LogP contribution < -0.4 is 15.2 Å². The van der Waals surface area contributed by atoms with Gasteiger partial charge in [-0.25, -0.2) is 0 Å². The highest BCUT2D eigenvalue weighted by atomic mass is 79.9. The highest BCUT2D eigenvalue weighted by molar-refractivity contribution is 9.10. The van der Waals surface area contributed by atoms with Gasteiger partial charge in [0.25, 0.3) is 0 Å². The van der Waals surface area contributed by atoms with Crippen molar-refractivity contribution in [1.29, 1.82) is 0 Å². The molecule has 0 amide bonds. The molecule has 1 heterocycles. The van der Waals surface area contributed by atoms with Crippen molar-refractivity contribution in [2.24, 2.45) is 5.73 Å². The van der Waals surface area contributed by atoms with E-state index in [1.807, 2.05) is 12.1 Å². The number of benzene rings is 1. The number of rotatable bonds is 6. The molecular weight excluding hydrogens is 358 g/mol. The molecule has 0 saturated carbocycles. The summed E-state index contributed by atoms with van der Waals surface area (Å²) in [7, 11) is 1.35. The van der Waals surface area contributed by atoms with Crippen molar-refractivity contribution in [2.75, 3.05) is 26.1 Å². The van der Waals surface area contributed by atoms with Crippen LogP contribution >= 0.6 is 27.7 Å². The molecule has 7 heteroatoms. The molecule has 1 unspecified atom stereocenters. The summed E-state index contributed by atoms with van der Waals surface area (Å²) in [5, 5.41) is 0. The SMILES string of the molecule is COC(=O)C(N)CCSCc1cc2c(cc1Br)OCCO2. The molecule has 2 N–H and O–H groups in total. The third-order valence-corrected chi connectivity index (χ3v) is 4.82. The highest BCUT2D eigenvalue weighted by Crippen LogP contribution is 2.36. The molecule has 1 aromatic carbocycles. The highest BCUT2D eigenvalue weighted by Gasteiger charge is 2.16. The van der Waals surface area contributed by atoms with Crippen molar-refractivity contribution < 1.29 is 19.0 Å². The number of carbonyl (C=O) groups excluding carboxylic acids is 1. The lowest BCUT2D eigenvalue weighted by Gasteiger charge is -2.20. The number of thioether (sulfide) groups is 1. The van der Waals surface area contributed by atoms with Gasteiger partial charge in [-0.1, -0.05) is 15.9 Å². The summed E-state index contributed by atoms with van der Waals surface area (Å²) >= 11 is 5.26. The molecule has 0 bridgehead atoms. The van der Waals surface area contributed by atoms with E-state index in [9.17, 15) is 4.79 Å². The van der Waals surface area contributed by atoms with Gasteiger partial charge in [0, 0.05) is 10.2 Å².